The van der Waals surface area contributed by atoms with E-state index in [0.717, 1.165) is 32.5 Å². The van der Waals surface area contributed by atoms with Gasteiger partial charge < -0.3 is 5.32 Å². The maximum atomic E-state index is 11.5. The Labute approximate surface area is 117 Å². The number of imide groups is 1. The number of rotatable bonds is 5. The number of carbonyl (C=O) groups excluding carboxylic acids is 2. The van der Waals surface area contributed by atoms with Gasteiger partial charge in [-0.05, 0) is 25.5 Å². The van der Waals surface area contributed by atoms with Crippen LogP contribution >= 0.6 is 0 Å². The number of hydrogen-bond donors (Lipinski definition) is 1. The second kappa shape index (κ2) is 5.62. The second-order valence-corrected chi connectivity index (χ2v) is 5.26. The predicted molar refractivity (Wildman–Crippen MR) is 71.9 cm³/mol. The van der Waals surface area contributed by atoms with E-state index in [-0.39, 0.29) is 18.5 Å². The Hall–Kier alpha value is -1.89. The molecular weight excluding hydrogens is 258 g/mol. The Bertz CT molecular complexity index is 471. The molecule has 2 fully saturated rings. The van der Waals surface area contributed by atoms with Crippen LogP contribution in [0.1, 0.15) is 12.8 Å². The Balaban J connectivity index is 1.53. The van der Waals surface area contributed by atoms with Gasteiger partial charge in [0.15, 0.2) is 0 Å². The molecule has 7 heteroatoms. The van der Waals surface area contributed by atoms with Gasteiger partial charge in [0.25, 0.3) is 0 Å². The maximum Gasteiger partial charge on any atom is 0.324 e. The first-order valence-corrected chi connectivity index (χ1v) is 7.04. The van der Waals surface area contributed by atoms with Crippen LogP contribution in [0, 0.1) is 0 Å². The number of nitrogens with zero attached hydrogens (tertiary/aromatic N) is 4. The number of hydrogen-bond acceptors (Lipinski definition) is 4. The highest BCUT2D eigenvalue weighted by molar-refractivity contribution is 6.01. The first-order valence-electron chi connectivity index (χ1n) is 7.04. The van der Waals surface area contributed by atoms with Gasteiger partial charge in [0.2, 0.25) is 5.91 Å². The lowest BCUT2D eigenvalue weighted by molar-refractivity contribution is -0.125. The third-order valence-corrected chi connectivity index (χ3v) is 4.00. The highest BCUT2D eigenvalue weighted by Gasteiger charge is 2.30. The quantitative estimate of drug-likeness (QED) is 0.763. The highest BCUT2D eigenvalue weighted by Crippen LogP contribution is 2.18. The molecule has 2 saturated heterocycles. The van der Waals surface area contributed by atoms with Crippen molar-refractivity contribution in [1.82, 2.24) is 24.9 Å². The van der Waals surface area contributed by atoms with Gasteiger partial charge >= 0.3 is 6.03 Å². The van der Waals surface area contributed by atoms with Crippen molar-refractivity contribution in [2.45, 2.75) is 25.4 Å². The van der Waals surface area contributed by atoms with Crippen LogP contribution in [-0.4, -0.2) is 63.7 Å². The van der Waals surface area contributed by atoms with Crippen molar-refractivity contribution in [1.29, 1.82) is 0 Å². The highest BCUT2D eigenvalue weighted by atomic mass is 16.2. The van der Waals surface area contributed by atoms with E-state index in [1.165, 1.54) is 4.90 Å². The molecule has 2 aliphatic rings. The van der Waals surface area contributed by atoms with E-state index in [2.05, 4.69) is 15.3 Å². The minimum atomic E-state index is -0.266. The number of amides is 3. The SMILES string of the molecule is O=C1CNC(=O)N1CCN1CCC[C@@H]1Cn1cccn1. The van der Waals surface area contributed by atoms with Crippen LogP contribution in [0.3, 0.4) is 0 Å². The number of aromatic nitrogens is 2. The van der Waals surface area contributed by atoms with E-state index < -0.39 is 0 Å². The Kier molecular flexibility index (Phi) is 3.68. The minimum Gasteiger partial charge on any atom is -0.329 e. The standard InChI is InChI=1S/C13H19N5O2/c19-12-9-14-13(20)18(12)8-7-16-5-1-3-11(16)10-17-6-2-4-15-17/h2,4,6,11H,1,3,5,7-10H2,(H,14,20)/t11-/m1/s1. The van der Waals surface area contributed by atoms with Gasteiger partial charge in [-0.1, -0.05) is 0 Å². The molecular formula is C13H19N5O2. The summed E-state index contributed by atoms with van der Waals surface area (Å²) in [5.74, 6) is -0.127. The van der Waals surface area contributed by atoms with Gasteiger partial charge in [-0.25, -0.2) is 4.79 Å². The van der Waals surface area contributed by atoms with Gasteiger partial charge in [-0.3, -0.25) is 19.3 Å². The summed E-state index contributed by atoms with van der Waals surface area (Å²) in [6.07, 6.45) is 6.05. The third-order valence-electron chi connectivity index (χ3n) is 4.00. The van der Waals surface area contributed by atoms with E-state index >= 15 is 0 Å². The molecule has 0 bridgehead atoms. The molecule has 1 N–H and O–H groups in total. The molecule has 1 aromatic rings. The van der Waals surface area contributed by atoms with E-state index in [4.69, 9.17) is 0 Å². The van der Waals surface area contributed by atoms with Gasteiger partial charge in [0, 0.05) is 31.5 Å². The zero-order chi connectivity index (χ0) is 13.9. The zero-order valence-corrected chi connectivity index (χ0v) is 11.4. The zero-order valence-electron chi connectivity index (χ0n) is 11.4. The van der Waals surface area contributed by atoms with Crippen LogP contribution in [0.4, 0.5) is 4.79 Å². The molecule has 3 heterocycles. The van der Waals surface area contributed by atoms with E-state index in [9.17, 15) is 9.59 Å². The fourth-order valence-corrected chi connectivity index (χ4v) is 2.93. The molecule has 3 amide bonds. The van der Waals surface area contributed by atoms with Crippen molar-refractivity contribution in [3.05, 3.63) is 18.5 Å². The average Bonchev–Trinajstić information content (AvgIpc) is 3.14. The van der Waals surface area contributed by atoms with Gasteiger partial charge in [0.05, 0.1) is 13.1 Å². The molecule has 0 spiro atoms. The number of carbonyl (C=O) groups is 2. The first-order chi connectivity index (χ1) is 9.74. The normalized spacial score (nSPS) is 23.6. The fraction of sp³-hybridized carbons (Fsp3) is 0.615. The number of nitrogens with one attached hydrogen (secondary N) is 1. The van der Waals surface area contributed by atoms with Crippen LogP contribution in [0.2, 0.25) is 0 Å². The number of urea groups is 1. The molecule has 7 nitrogen and oxygen atoms in total. The lowest BCUT2D eigenvalue weighted by Gasteiger charge is -2.26. The van der Waals surface area contributed by atoms with E-state index in [1.807, 2.05) is 16.9 Å². The molecule has 3 rings (SSSR count). The van der Waals surface area contributed by atoms with Crippen molar-refractivity contribution >= 4 is 11.9 Å². The molecule has 1 aromatic heterocycles. The van der Waals surface area contributed by atoms with Gasteiger partial charge in [0.1, 0.15) is 0 Å². The predicted octanol–water partition coefficient (Wildman–Crippen LogP) is -0.101. The van der Waals surface area contributed by atoms with Crippen LogP contribution in [0.25, 0.3) is 0 Å². The van der Waals surface area contributed by atoms with Crippen molar-refractivity contribution in [3.63, 3.8) is 0 Å². The van der Waals surface area contributed by atoms with Crippen molar-refractivity contribution in [2.24, 2.45) is 0 Å². The van der Waals surface area contributed by atoms with Crippen molar-refractivity contribution in [2.75, 3.05) is 26.2 Å². The smallest absolute Gasteiger partial charge is 0.324 e. The molecule has 0 unspecified atom stereocenters. The molecule has 1 atom stereocenters. The summed E-state index contributed by atoms with van der Waals surface area (Å²) in [6.45, 7) is 3.24. The molecule has 0 radical (unpaired) electrons. The number of likely N-dealkylation sites (tertiary alicyclic amines) is 1. The summed E-state index contributed by atoms with van der Waals surface area (Å²) in [7, 11) is 0. The fourth-order valence-electron chi connectivity index (χ4n) is 2.93. The first kappa shape index (κ1) is 13.1. The maximum absolute atomic E-state index is 11.5. The van der Waals surface area contributed by atoms with Crippen LogP contribution in [-0.2, 0) is 11.3 Å². The molecule has 108 valence electrons. The molecule has 0 aliphatic carbocycles. The largest absolute Gasteiger partial charge is 0.329 e. The van der Waals surface area contributed by atoms with Gasteiger partial charge in [-0.15, -0.1) is 0 Å². The van der Waals surface area contributed by atoms with Crippen LogP contribution in [0.15, 0.2) is 18.5 Å². The molecule has 2 aliphatic heterocycles. The summed E-state index contributed by atoms with van der Waals surface area (Å²) in [5.41, 5.74) is 0. The molecule has 0 aromatic carbocycles. The Morgan fingerprint density at radius 1 is 1.35 bits per heavy atom. The summed E-state index contributed by atoms with van der Waals surface area (Å²) < 4.78 is 1.94. The van der Waals surface area contributed by atoms with Crippen molar-refractivity contribution < 1.29 is 9.59 Å². The van der Waals surface area contributed by atoms with Crippen LogP contribution in [0.5, 0.6) is 0 Å². The topological polar surface area (TPSA) is 70.5 Å². The Morgan fingerprint density at radius 2 is 2.25 bits per heavy atom. The summed E-state index contributed by atoms with van der Waals surface area (Å²) in [5, 5.41) is 6.78. The van der Waals surface area contributed by atoms with Gasteiger partial charge in [-0.2, -0.15) is 5.10 Å². The molecule has 0 saturated carbocycles. The van der Waals surface area contributed by atoms with Crippen molar-refractivity contribution in [3.8, 4) is 0 Å². The lowest BCUT2D eigenvalue weighted by Crippen LogP contribution is -2.41. The third kappa shape index (κ3) is 2.67. The minimum absolute atomic E-state index is 0.127. The summed E-state index contributed by atoms with van der Waals surface area (Å²) in [6, 6.07) is 2.10. The second-order valence-electron chi connectivity index (χ2n) is 5.26. The summed E-state index contributed by atoms with van der Waals surface area (Å²) >= 11 is 0. The van der Waals surface area contributed by atoms with E-state index in [1.54, 1.807) is 6.20 Å². The molecule has 20 heavy (non-hydrogen) atoms. The van der Waals surface area contributed by atoms with E-state index in [0.29, 0.717) is 12.6 Å². The lowest BCUT2D eigenvalue weighted by atomic mass is 10.2. The Morgan fingerprint density at radius 3 is 2.95 bits per heavy atom. The average molecular weight is 277 g/mol. The van der Waals surface area contributed by atoms with Crippen LogP contribution < -0.4 is 5.32 Å². The summed E-state index contributed by atoms with van der Waals surface area (Å²) in [4.78, 5) is 26.7. The monoisotopic (exact) mass is 277 g/mol.